The Kier molecular flexibility index (Phi) is 2.44. The number of nitriles is 1. The van der Waals surface area contributed by atoms with Gasteiger partial charge in [0.1, 0.15) is 17.6 Å². The molecule has 3 atom stereocenters. The summed E-state index contributed by atoms with van der Waals surface area (Å²) in [6, 6.07) is 7.64. The van der Waals surface area contributed by atoms with E-state index in [1.807, 2.05) is 12.1 Å². The number of pyridine rings is 1. The van der Waals surface area contributed by atoms with E-state index in [9.17, 15) is 9.90 Å². The van der Waals surface area contributed by atoms with E-state index in [-0.39, 0.29) is 18.0 Å². The number of fused-ring (bicyclic) bond motifs is 2. The summed E-state index contributed by atoms with van der Waals surface area (Å²) in [5.41, 5.74) is 0.380. The molecule has 0 amide bonds. The second-order valence-corrected chi connectivity index (χ2v) is 4.88. The lowest BCUT2D eigenvalue weighted by molar-refractivity contribution is -0.142. The second-order valence-electron chi connectivity index (χ2n) is 4.88. The summed E-state index contributed by atoms with van der Waals surface area (Å²) in [5, 5.41) is 18.1. The summed E-state index contributed by atoms with van der Waals surface area (Å²) in [4.78, 5) is 17.6. The monoisotopic (exact) mass is 243 g/mol. The van der Waals surface area contributed by atoms with Gasteiger partial charge in [-0.25, -0.2) is 4.98 Å². The van der Waals surface area contributed by atoms with Gasteiger partial charge in [-0.1, -0.05) is 6.07 Å². The standard InChI is InChI=1S/C13H13N3O2/c14-7-8-2-1-3-12(15-8)16-9-4-5-11(16)10(6-9)13(17)18/h1-3,9-11H,4-6H2,(H,17,18). The van der Waals surface area contributed by atoms with E-state index in [1.165, 1.54) is 0 Å². The van der Waals surface area contributed by atoms with Crippen LogP contribution >= 0.6 is 0 Å². The number of hydrogen-bond acceptors (Lipinski definition) is 4. The molecular formula is C13H13N3O2. The molecule has 2 bridgehead atoms. The van der Waals surface area contributed by atoms with Crippen molar-refractivity contribution < 1.29 is 9.90 Å². The minimum absolute atomic E-state index is 0.0361. The number of aromatic nitrogens is 1. The SMILES string of the molecule is N#Cc1cccc(N2C3CCC2C(C(=O)O)C3)n1. The van der Waals surface area contributed by atoms with Gasteiger partial charge in [-0.2, -0.15) is 5.26 Å². The highest BCUT2D eigenvalue weighted by molar-refractivity contribution is 5.73. The number of carbonyl (C=O) groups is 1. The van der Waals surface area contributed by atoms with Gasteiger partial charge in [-0.15, -0.1) is 0 Å². The Labute approximate surface area is 105 Å². The van der Waals surface area contributed by atoms with Gasteiger partial charge in [0.25, 0.3) is 0 Å². The number of rotatable bonds is 2. The molecule has 3 heterocycles. The van der Waals surface area contributed by atoms with Crippen molar-refractivity contribution in [3.8, 4) is 6.07 Å². The third kappa shape index (κ3) is 1.53. The smallest absolute Gasteiger partial charge is 0.308 e. The minimum atomic E-state index is -0.719. The largest absolute Gasteiger partial charge is 0.481 e. The number of carboxylic acids is 1. The molecule has 1 aromatic rings. The van der Waals surface area contributed by atoms with Crippen LogP contribution in [-0.4, -0.2) is 28.1 Å². The zero-order valence-electron chi connectivity index (χ0n) is 9.78. The molecule has 1 N–H and O–H groups in total. The molecule has 1 aromatic heterocycles. The van der Waals surface area contributed by atoms with Gasteiger partial charge in [0, 0.05) is 12.1 Å². The van der Waals surface area contributed by atoms with Crippen LogP contribution in [0.15, 0.2) is 18.2 Å². The predicted molar refractivity (Wildman–Crippen MR) is 64.0 cm³/mol. The molecule has 18 heavy (non-hydrogen) atoms. The molecule has 0 spiro atoms. The molecule has 3 unspecified atom stereocenters. The Balaban J connectivity index is 1.94. The maximum atomic E-state index is 11.2. The summed E-state index contributed by atoms with van der Waals surface area (Å²) in [5.74, 6) is -0.273. The highest BCUT2D eigenvalue weighted by atomic mass is 16.4. The molecule has 2 fully saturated rings. The van der Waals surface area contributed by atoms with Crippen molar-refractivity contribution >= 4 is 11.8 Å². The molecule has 0 radical (unpaired) electrons. The van der Waals surface area contributed by atoms with Gasteiger partial charge in [0.05, 0.1) is 5.92 Å². The van der Waals surface area contributed by atoms with Crippen LogP contribution in [0.2, 0.25) is 0 Å². The average Bonchev–Trinajstić information content (AvgIpc) is 2.96. The summed E-state index contributed by atoms with van der Waals surface area (Å²) in [6.45, 7) is 0. The topological polar surface area (TPSA) is 77.2 Å². The fourth-order valence-electron chi connectivity index (χ4n) is 3.24. The van der Waals surface area contributed by atoms with E-state index in [0.717, 1.165) is 18.7 Å². The van der Waals surface area contributed by atoms with Crippen LogP contribution in [0, 0.1) is 17.2 Å². The van der Waals surface area contributed by atoms with Crippen LogP contribution in [0.3, 0.4) is 0 Å². The van der Waals surface area contributed by atoms with E-state index >= 15 is 0 Å². The molecule has 0 saturated carbocycles. The Morgan fingerprint density at radius 1 is 1.50 bits per heavy atom. The van der Waals surface area contributed by atoms with Crippen molar-refractivity contribution in [3.63, 3.8) is 0 Å². The summed E-state index contributed by atoms with van der Waals surface area (Å²) in [7, 11) is 0. The van der Waals surface area contributed by atoms with Crippen molar-refractivity contribution in [1.82, 2.24) is 4.98 Å². The Morgan fingerprint density at radius 2 is 2.33 bits per heavy atom. The second kappa shape index (κ2) is 3.98. The van der Waals surface area contributed by atoms with Gasteiger partial charge in [0.2, 0.25) is 0 Å². The minimum Gasteiger partial charge on any atom is -0.481 e. The first-order valence-electron chi connectivity index (χ1n) is 6.09. The third-order valence-electron chi connectivity index (χ3n) is 3.97. The fraction of sp³-hybridized carbons (Fsp3) is 0.462. The lowest BCUT2D eigenvalue weighted by Gasteiger charge is -2.24. The van der Waals surface area contributed by atoms with Crippen molar-refractivity contribution in [2.24, 2.45) is 5.92 Å². The normalized spacial score (nSPS) is 29.3. The number of carboxylic acid groups (broad SMARTS) is 1. The van der Waals surface area contributed by atoms with Gasteiger partial charge in [0.15, 0.2) is 0 Å². The molecule has 2 saturated heterocycles. The van der Waals surface area contributed by atoms with Crippen molar-refractivity contribution in [3.05, 3.63) is 23.9 Å². The first kappa shape index (κ1) is 11.0. The molecule has 0 aliphatic carbocycles. The Morgan fingerprint density at radius 3 is 3.00 bits per heavy atom. The van der Waals surface area contributed by atoms with Crippen molar-refractivity contribution in [2.45, 2.75) is 31.3 Å². The highest BCUT2D eigenvalue weighted by Gasteiger charge is 2.49. The number of hydrogen-bond donors (Lipinski definition) is 1. The summed E-state index contributed by atoms with van der Waals surface area (Å²) >= 11 is 0. The van der Waals surface area contributed by atoms with Crippen molar-refractivity contribution in [1.29, 1.82) is 5.26 Å². The molecule has 92 valence electrons. The van der Waals surface area contributed by atoms with E-state index in [0.29, 0.717) is 12.1 Å². The first-order valence-corrected chi connectivity index (χ1v) is 6.09. The number of anilines is 1. The van der Waals surface area contributed by atoms with E-state index < -0.39 is 5.97 Å². The van der Waals surface area contributed by atoms with Crippen molar-refractivity contribution in [2.75, 3.05) is 4.90 Å². The van der Waals surface area contributed by atoms with Crippen LogP contribution in [0.25, 0.3) is 0 Å². The quantitative estimate of drug-likeness (QED) is 0.849. The van der Waals surface area contributed by atoms with E-state index in [4.69, 9.17) is 5.26 Å². The van der Waals surface area contributed by atoms with Crippen LogP contribution in [0.5, 0.6) is 0 Å². The first-order chi connectivity index (χ1) is 8.70. The number of nitrogens with zero attached hydrogens (tertiary/aromatic N) is 3. The predicted octanol–water partition coefficient (Wildman–Crippen LogP) is 1.40. The number of aliphatic carboxylic acids is 1. The highest BCUT2D eigenvalue weighted by Crippen LogP contribution is 2.43. The molecule has 0 aromatic carbocycles. The van der Waals surface area contributed by atoms with Crippen LogP contribution in [0.4, 0.5) is 5.82 Å². The van der Waals surface area contributed by atoms with Crippen LogP contribution in [0.1, 0.15) is 25.0 Å². The van der Waals surface area contributed by atoms with Gasteiger partial charge in [-0.3, -0.25) is 4.79 Å². The Hall–Kier alpha value is -2.09. The third-order valence-corrected chi connectivity index (χ3v) is 3.97. The lowest BCUT2D eigenvalue weighted by atomic mass is 9.89. The zero-order chi connectivity index (χ0) is 12.7. The maximum Gasteiger partial charge on any atom is 0.308 e. The Bertz CT molecular complexity index is 537. The zero-order valence-corrected chi connectivity index (χ0v) is 9.78. The van der Waals surface area contributed by atoms with Gasteiger partial charge in [-0.05, 0) is 31.4 Å². The van der Waals surface area contributed by atoms with E-state index in [2.05, 4.69) is 9.88 Å². The van der Waals surface area contributed by atoms with Gasteiger partial charge < -0.3 is 10.0 Å². The molecule has 5 heteroatoms. The maximum absolute atomic E-state index is 11.2. The molecule has 2 aliphatic rings. The lowest BCUT2D eigenvalue weighted by Crippen LogP contribution is -2.33. The molecule has 3 rings (SSSR count). The molecule has 2 aliphatic heterocycles. The average molecular weight is 243 g/mol. The van der Waals surface area contributed by atoms with E-state index in [1.54, 1.807) is 12.1 Å². The summed E-state index contributed by atoms with van der Waals surface area (Å²) < 4.78 is 0. The molecule has 5 nitrogen and oxygen atoms in total. The summed E-state index contributed by atoms with van der Waals surface area (Å²) in [6.07, 6.45) is 2.62. The van der Waals surface area contributed by atoms with Crippen LogP contribution in [-0.2, 0) is 4.79 Å². The fourth-order valence-corrected chi connectivity index (χ4v) is 3.24. The van der Waals surface area contributed by atoms with Gasteiger partial charge >= 0.3 is 5.97 Å². The van der Waals surface area contributed by atoms with Crippen LogP contribution < -0.4 is 4.90 Å². The molecular weight excluding hydrogens is 230 g/mol.